The Morgan fingerprint density at radius 2 is 1.24 bits per heavy atom. The van der Waals surface area contributed by atoms with Crippen molar-refractivity contribution in [2.45, 2.75) is 104 Å². The molecule has 1 rings (SSSR count). The van der Waals surface area contributed by atoms with Crippen LogP contribution in [0, 0.1) is 0 Å². The van der Waals surface area contributed by atoms with Gasteiger partial charge in [0.25, 0.3) is 0 Å². The van der Waals surface area contributed by atoms with Gasteiger partial charge < -0.3 is 5.11 Å². The van der Waals surface area contributed by atoms with Crippen LogP contribution in [-0.4, -0.2) is 22.8 Å². The summed E-state index contributed by atoms with van der Waals surface area (Å²) >= 11 is 0. The molecule has 1 N–H and O–H groups in total. The number of hydrogen-bond donors (Lipinski definition) is 1. The SMILES string of the molecule is CCCCCCCCCCCCCCN(Cc1ccccc1)C(C)O. The summed E-state index contributed by atoms with van der Waals surface area (Å²) in [5.74, 6) is 0. The molecule has 1 unspecified atom stereocenters. The second kappa shape index (κ2) is 15.4. The van der Waals surface area contributed by atoms with Crippen molar-refractivity contribution in [2.75, 3.05) is 6.54 Å². The van der Waals surface area contributed by atoms with E-state index in [9.17, 15) is 5.11 Å². The first-order valence-electron chi connectivity index (χ1n) is 10.7. The molecular formula is C23H41NO. The molecule has 0 aliphatic rings. The average Bonchev–Trinajstić information content (AvgIpc) is 2.62. The van der Waals surface area contributed by atoms with Crippen molar-refractivity contribution >= 4 is 0 Å². The highest BCUT2D eigenvalue weighted by molar-refractivity contribution is 5.14. The monoisotopic (exact) mass is 347 g/mol. The topological polar surface area (TPSA) is 23.5 Å². The fraction of sp³-hybridized carbons (Fsp3) is 0.739. The molecule has 2 heteroatoms. The summed E-state index contributed by atoms with van der Waals surface area (Å²) < 4.78 is 0. The summed E-state index contributed by atoms with van der Waals surface area (Å²) in [5, 5.41) is 9.98. The van der Waals surface area contributed by atoms with Gasteiger partial charge in [-0.25, -0.2) is 0 Å². The Morgan fingerprint density at radius 3 is 1.72 bits per heavy atom. The Labute approximate surface area is 156 Å². The lowest BCUT2D eigenvalue weighted by Gasteiger charge is -2.25. The number of aliphatic hydroxyl groups excluding tert-OH is 1. The van der Waals surface area contributed by atoms with E-state index in [1.54, 1.807) is 0 Å². The molecule has 2 nitrogen and oxygen atoms in total. The number of benzene rings is 1. The fourth-order valence-electron chi connectivity index (χ4n) is 3.37. The maximum Gasteiger partial charge on any atom is 0.104 e. The van der Waals surface area contributed by atoms with Crippen LogP contribution in [0.3, 0.4) is 0 Å². The number of hydrogen-bond acceptors (Lipinski definition) is 2. The molecule has 0 radical (unpaired) electrons. The number of nitrogens with zero attached hydrogens (tertiary/aromatic N) is 1. The lowest BCUT2D eigenvalue weighted by atomic mass is 10.1. The Morgan fingerprint density at radius 1 is 0.760 bits per heavy atom. The molecular weight excluding hydrogens is 306 g/mol. The van der Waals surface area contributed by atoms with Crippen LogP contribution in [-0.2, 0) is 6.54 Å². The van der Waals surface area contributed by atoms with Gasteiger partial charge in [0, 0.05) is 13.1 Å². The van der Waals surface area contributed by atoms with Gasteiger partial charge in [-0.1, -0.05) is 108 Å². The fourth-order valence-corrected chi connectivity index (χ4v) is 3.37. The number of rotatable bonds is 16. The van der Waals surface area contributed by atoms with E-state index in [0.29, 0.717) is 0 Å². The van der Waals surface area contributed by atoms with Crippen molar-refractivity contribution in [3.63, 3.8) is 0 Å². The summed E-state index contributed by atoms with van der Waals surface area (Å²) in [6, 6.07) is 10.5. The molecule has 0 amide bonds. The van der Waals surface area contributed by atoms with E-state index < -0.39 is 0 Å². The predicted octanol–water partition coefficient (Wildman–Crippen LogP) is 6.53. The zero-order valence-electron chi connectivity index (χ0n) is 16.8. The summed E-state index contributed by atoms with van der Waals surface area (Å²) in [4.78, 5) is 2.17. The van der Waals surface area contributed by atoms with Gasteiger partial charge in [0.05, 0.1) is 0 Å². The van der Waals surface area contributed by atoms with E-state index in [-0.39, 0.29) is 6.23 Å². The largest absolute Gasteiger partial charge is 0.379 e. The molecule has 144 valence electrons. The van der Waals surface area contributed by atoms with Gasteiger partial charge in [0.15, 0.2) is 0 Å². The predicted molar refractivity (Wildman–Crippen MR) is 110 cm³/mol. The smallest absolute Gasteiger partial charge is 0.104 e. The van der Waals surface area contributed by atoms with Gasteiger partial charge in [-0.15, -0.1) is 0 Å². The minimum absolute atomic E-state index is 0.368. The third kappa shape index (κ3) is 12.2. The van der Waals surface area contributed by atoms with Gasteiger partial charge in [0.1, 0.15) is 6.23 Å². The molecule has 0 fully saturated rings. The maximum absolute atomic E-state index is 9.98. The average molecular weight is 348 g/mol. The highest BCUT2D eigenvalue weighted by atomic mass is 16.3. The van der Waals surface area contributed by atoms with Crippen molar-refractivity contribution in [1.82, 2.24) is 4.90 Å². The molecule has 1 aromatic rings. The molecule has 25 heavy (non-hydrogen) atoms. The van der Waals surface area contributed by atoms with Crippen LogP contribution in [0.5, 0.6) is 0 Å². The zero-order valence-corrected chi connectivity index (χ0v) is 16.8. The van der Waals surface area contributed by atoms with Crippen LogP contribution < -0.4 is 0 Å². The first-order valence-corrected chi connectivity index (χ1v) is 10.7. The van der Waals surface area contributed by atoms with Crippen LogP contribution in [0.1, 0.15) is 96.5 Å². The third-order valence-electron chi connectivity index (χ3n) is 5.06. The van der Waals surface area contributed by atoms with Crippen LogP contribution in [0.2, 0.25) is 0 Å². The van der Waals surface area contributed by atoms with Crippen molar-refractivity contribution in [3.8, 4) is 0 Å². The normalized spacial score (nSPS) is 12.6. The highest BCUT2D eigenvalue weighted by Gasteiger charge is 2.10. The minimum Gasteiger partial charge on any atom is -0.379 e. The van der Waals surface area contributed by atoms with Gasteiger partial charge in [0.2, 0.25) is 0 Å². The second-order valence-corrected chi connectivity index (χ2v) is 7.48. The lowest BCUT2D eigenvalue weighted by Crippen LogP contribution is -2.33. The summed E-state index contributed by atoms with van der Waals surface area (Å²) in [7, 11) is 0. The maximum atomic E-state index is 9.98. The summed E-state index contributed by atoms with van der Waals surface area (Å²) in [6.45, 7) is 5.99. The van der Waals surface area contributed by atoms with Crippen molar-refractivity contribution in [3.05, 3.63) is 35.9 Å². The van der Waals surface area contributed by atoms with Crippen molar-refractivity contribution in [2.24, 2.45) is 0 Å². The molecule has 0 heterocycles. The molecule has 0 aliphatic carbocycles. The Balaban J connectivity index is 1.98. The Kier molecular flexibility index (Phi) is 13.7. The van der Waals surface area contributed by atoms with Crippen LogP contribution >= 0.6 is 0 Å². The van der Waals surface area contributed by atoms with Crippen LogP contribution in [0.25, 0.3) is 0 Å². The van der Waals surface area contributed by atoms with E-state index in [0.717, 1.165) is 13.1 Å². The molecule has 0 aromatic heterocycles. The number of aliphatic hydroxyl groups is 1. The first kappa shape index (κ1) is 22.2. The van der Waals surface area contributed by atoms with E-state index in [1.807, 2.05) is 13.0 Å². The number of unbranched alkanes of at least 4 members (excludes halogenated alkanes) is 11. The van der Waals surface area contributed by atoms with Crippen molar-refractivity contribution < 1.29 is 5.11 Å². The molecule has 0 spiro atoms. The standard InChI is InChI=1S/C23H41NO/c1-3-4-5-6-7-8-9-10-11-12-13-17-20-24(22(2)25)21-23-18-15-14-16-19-23/h14-16,18-19,22,25H,3-13,17,20-21H2,1-2H3. The van der Waals surface area contributed by atoms with Gasteiger partial charge in [-0.05, 0) is 18.9 Å². The van der Waals surface area contributed by atoms with Crippen LogP contribution in [0.15, 0.2) is 30.3 Å². The molecule has 0 bridgehead atoms. The molecule has 1 atom stereocenters. The molecule has 1 aromatic carbocycles. The summed E-state index contributed by atoms with van der Waals surface area (Å²) in [5.41, 5.74) is 1.28. The van der Waals surface area contributed by atoms with Crippen molar-refractivity contribution in [1.29, 1.82) is 0 Å². The van der Waals surface area contributed by atoms with Gasteiger partial charge in [-0.2, -0.15) is 0 Å². The quantitative estimate of drug-likeness (QED) is 0.271. The van der Waals surface area contributed by atoms with Gasteiger partial charge in [-0.3, -0.25) is 4.90 Å². The highest BCUT2D eigenvalue weighted by Crippen LogP contribution is 2.13. The molecule has 0 saturated carbocycles. The lowest BCUT2D eigenvalue weighted by molar-refractivity contribution is 0.0115. The van der Waals surface area contributed by atoms with E-state index in [4.69, 9.17) is 0 Å². The molecule has 0 saturated heterocycles. The van der Waals surface area contributed by atoms with Crippen LogP contribution in [0.4, 0.5) is 0 Å². The zero-order chi connectivity index (χ0) is 18.2. The van der Waals surface area contributed by atoms with E-state index >= 15 is 0 Å². The van der Waals surface area contributed by atoms with Gasteiger partial charge >= 0.3 is 0 Å². The second-order valence-electron chi connectivity index (χ2n) is 7.48. The first-order chi connectivity index (χ1) is 12.2. The third-order valence-corrected chi connectivity index (χ3v) is 5.06. The van der Waals surface area contributed by atoms with E-state index in [2.05, 4.69) is 36.1 Å². The van der Waals surface area contributed by atoms with E-state index in [1.165, 1.54) is 82.6 Å². The Hall–Kier alpha value is -0.860. The minimum atomic E-state index is -0.368. The molecule has 0 aliphatic heterocycles. The summed E-state index contributed by atoms with van der Waals surface area (Å²) in [6.07, 6.45) is 16.1. The Bertz CT molecular complexity index is 390.